The van der Waals surface area contributed by atoms with E-state index in [1.54, 1.807) is 0 Å². The molecule has 0 aliphatic rings. The normalized spacial score (nSPS) is 15.5. The van der Waals surface area contributed by atoms with Gasteiger partial charge in [-0.3, -0.25) is 4.79 Å². The SMILES string of the molecule is CC(C)C(C)(C)OC(=O)C(CC(C)(C)C)C(C)(C)C. The highest BCUT2D eigenvalue weighted by Crippen LogP contribution is 2.38. The predicted molar refractivity (Wildman–Crippen MR) is 82.0 cm³/mol. The molecule has 0 fully saturated rings. The smallest absolute Gasteiger partial charge is 0.310 e. The standard InChI is InChI=1S/C17H34O2/c1-12(2)17(9,10)19-14(18)13(16(6,7)8)11-15(3,4)5/h12-13H,11H2,1-10H3. The first kappa shape index (κ1) is 18.5. The average molecular weight is 270 g/mol. The van der Waals surface area contributed by atoms with E-state index in [2.05, 4.69) is 55.4 Å². The molecule has 1 unspecified atom stereocenters. The van der Waals surface area contributed by atoms with Gasteiger partial charge in [0.15, 0.2) is 0 Å². The van der Waals surface area contributed by atoms with Crippen molar-refractivity contribution in [2.75, 3.05) is 0 Å². The molecule has 0 N–H and O–H groups in total. The second-order valence-corrected chi connectivity index (χ2v) is 8.86. The molecule has 0 aliphatic heterocycles. The van der Waals surface area contributed by atoms with Crippen LogP contribution in [-0.4, -0.2) is 11.6 Å². The summed E-state index contributed by atoms with van der Waals surface area (Å²) in [4.78, 5) is 12.6. The van der Waals surface area contributed by atoms with Crippen molar-refractivity contribution in [3.8, 4) is 0 Å². The zero-order chi connectivity index (χ0) is 15.6. The molecule has 0 aliphatic carbocycles. The van der Waals surface area contributed by atoms with Crippen LogP contribution in [0.5, 0.6) is 0 Å². The van der Waals surface area contributed by atoms with Crippen molar-refractivity contribution in [2.45, 2.75) is 81.3 Å². The van der Waals surface area contributed by atoms with Crippen LogP contribution in [0.2, 0.25) is 0 Å². The summed E-state index contributed by atoms with van der Waals surface area (Å²) in [5.41, 5.74) is -0.352. The van der Waals surface area contributed by atoms with Crippen LogP contribution < -0.4 is 0 Å². The Bertz CT molecular complexity index is 300. The van der Waals surface area contributed by atoms with Crippen LogP contribution >= 0.6 is 0 Å². The van der Waals surface area contributed by atoms with E-state index in [0.717, 1.165) is 6.42 Å². The maximum Gasteiger partial charge on any atom is 0.310 e. The van der Waals surface area contributed by atoms with E-state index in [1.807, 2.05) is 13.8 Å². The summed E-state index contributed by atoms with van der Waals surface area (Å²) in [7, 11) is 0. The first-order valence-corrected chi connectivity index (χ1v) is 7.39. The molecule has 0 aromatic carbocycles. The van der Waals surface area contributed by atoms with Crippen molar-refractivity contribution in [3.63, 3.8) is 0 Å². The highest BCUT2D eigenvalue weighted by atomic mass is 16.6. The minimum Gasteiger partial charge on any atom is -0.459 e. The van der Waals surface area contributed by atoms with Crippen LogP contribution in [0.25, 0.3) is 0 Å². The van der Waals surface area contributed by atoms with Gasteiger partial charge in [-0.2, -0.15) is 0 Å². The maximum absolute atomic E-state index is 12.6. The molecule has 0 radical (unpaired) electrons. The van der Waals surface area contributed by atoms with Gasteiger partial charge >= 0.3 is 5.97 Å². The van der Waals surface area contributed by atoms with Gasteiger partial charge in [-0.05, 0) is 37.0 Å². The Hall–Kier alpha value is -0.530. The highest BCUT2D eigenvalue weighted by Gasteiger charge is 2.38. The second-order valence-electron chi connectivity index (χ2n) is 8.86. The Morgan fingerprint density at radius 1 is 0.947 bits per heavy atom. The Morgan fingerprint density at radius 3 is 1.63 bits per heavy atom. The van der Waals surface area contributed by atoms with Gasteiger partial charge in [-0.1, -0.05) is 55.4 Å². The lowest BCUT2D eigenvalue weighted by Gasteiger charge is -2.37. The highest BCUT2D eigenvalue weighted by molar-refractivity contribution is 5.73. The monoisotopic (exact) mass is 270 g/mol. The predicted octanol–water partition coefficient (Wildman–Crippen LogP) is 5.06. The number of ether oxygens (including phenoxy) is 1. The molecule has 0 spiro atoms. The zero-order valence-corrected chi connectivity index (χ0v) is 14.7. The molecular formula is C17H34O2. The molecule has 0 aromatic rings. The van der Waals surface area contributed by atoms with E-state index < -0.39 is 5.60 Å². The third-order valence-electron chi connectivity index (χ3n) is 3.90. The number of esters is 1. The van der Waals surface area contributed by atoms with E-state index in [1.165, 1.54) is 0 Å². The summed E-state index contributed by atoms with van der Waals surface area (Å²) in [6.45, 7) is 21.0. The molecule has 1 atom stereocenters. The van der Waals surface area contributed by atoms with Crippen LogP contribution in [0.3, 0.4) is 0 Å². The molecule has 19 heavy (non-hydrogen) atoms. The largest absolute Gasteiger partial charge is 0.459 e. The van der Waals surface area contributed by atoms with Crippen LogP contribution in [0.1, 0.15) is 75.7 Å². The van der Waals surface area contributed by atoms with Gasteiger partial charge in [0.25, 0.3) is 0 Å². The van der Waals surface area contributed by atoms with Crippen molar-refractivity contribution in [1.82, 2.24) is 0 Å². The fraction of sp³-hybridized carbons (Fsp3) is 0.941. The number of hydrogen-bond donors (Lipinski definition) is 0. The summed E-state index contributed by atoms with van der Waals surface area (Å²) >= 11 is 0. The molecule has 0 rings (SSSR count). The molecule has 2 nitrogen and oxygen atoms in total. The lowest BCUT2D eigenvalue weighted by atomic mass is 9.72. The van der Waals surface area contributed by atoms with Gasteiger partial charge in [0.05, 0.1) is 5.92 Å². The van der Waals surface area contributed by atoms with E-state index in [9.17, 15) is 4.79 Å². The van der Waals surface area contributed by atoms with Gasteiger partial charge in [0.1, 0.15) is 5.60 Å². The van der Waals surface area contributed by atoms with Crippen LogP contribution in [0.15, 0.2) is 0 Å². The molecule has 0 saturated heterocycles. The van der Waals surface area contributed by atoms with Gasteiger partial charge in [0.2, 0.25) is 0 Å². The third-order valence-corrected chi connectivity index (χ3v) is 3.90. The molecule has 0 heterocycles. The van der Waals surface area contributed by atoms with E-state index in [-0.39, 0.29) is 22.7 Å². The third kappa shape index (κ3) is 6.44. The van der Waals surface area contributed by atoms with Gasteiger partial charge < -0.3 is 4.74 Å². The Balaban J connectivity index is 5.05. The molecular weight excluding hydrogens is 236 g/mol. The van der Waals surface area contributed by atoms with E-state index in [0.29, 0.717) is 5.92 Å². The lowest BCUT2D eigenvalue weighted by molar-refractivity contribution is -0.171. The molecule has 0 amide bonds. The maximum atomic E-state index is 12.6. The molecule has 0 bridgehead atoms. The Labute approximate surface area is 120 Å². The van der Waals surface area contributed by atoms with Crippen LogP contribution in [0.4, 0.5) is 0 Å². The van der Waals surface area contributed by atoms with Gasteiger partial charge in [-0.25, -0.2) is 0 Å². The molecule has 2 heteroatoms. The van der Waals surface area contributed by atoms with Crippen molar-refractivity contribution in [1.29, 1.82) is 0 Å². The number of hydrogen-bond acceptors (Lipinski definition) is 2. The minimum atomic E-state index is -0.404. The Morgan fingerprint density at radius 2 is 1.37 bits per heavy atom. The van der Waals surface area contributed by atoms with Gasteiger partial charge in [0, 0.05) is 0 Å². The summed E-state index contributed by atoms with van der Waals surface area (Å²) < 4.78 is 5.79. The second kappa shape index (κ2) is 5.85. The topological polar surface area (TPSA) is 26.3 Å². The average Bonchev–Trinajstić information content (AvgIpc) is 2.09. The van der Waals surface area contributed by atoms with Crippen molar-refractivity contribution in [3.05, 3.63) is 0 Å². The quantitative estimate of drug-likeness (QED) is 0.667. The van der Waals surface area contributed by atoms with E-state index >= 15 is 0 Å². The molecule has 0 saturated carbocycles. The summed E-state index contributed by atoms with van der Waals surface area (Å²) in [6, 6.07) is 0. The minimum absolute atomic E-state index is 0.0545. The van der Waals surface area contributed by atoms with Crippen molar-refractivity contribution >= 4 is 5.97 Å². The molecule has 114 valence electrons. The first-order chi connectivity index (χ1) is 8.17. The zero-order valence-electron chi connectivity index (χ0n) is 14.7. The number of rotatable bonds is 4. The van der Waals surface area contributed by atoms with Crippen molar-refractivity contribution < 1.29 is 9.53 Å². The van der Waals surface area contributed by atoms with E-state index in [4.69, 9.17) is 4.74 Å². The van der Waals surface area contributed by atoms with Gasteiger partial charge in [-0.15, -0.1) is 0 Å². The molecule has 0 aromatic heterocycles. The lowest BCUT2D eigenvalue weighted by Crippen LogP contribution is -2.40. The summed E-state index contributed by atoms with van der Waals surface area (Å²) in [5, 5.41) is 0. The Kier molecular flexibility index (Phi) is 5.68. The van der Waals surface area contributed by atoms with Crippen LogP contribution in [0, 0.1) is 22.7 Å². The van der Waals surface area contributed by atoms with Crippen molar-refractivity contribution in [2.24, 2.45) is 22.7 Å². The van der Waals surface area contributed by atoms with Crippen LogP contribution in [-0.2, 0) is 9.53 Å². The fourth-order valence-electron chi connectivity index (χ4n) is 1.80. The summed E-state index contributed by atoms with van der Waals surface area (Å²) in [5.74, 6) is 0.193. The number of carbonyl (C=O) groups excluding carboxylic acids is 1. The first-order valence-electron chi connectivity index (χ1n) is 7.39. The fourth-order valence-corrected chi connectivity index (χ4v) is 1.80. The number of carbonyl (C=O) groups is 1. The summed E-state index contributed by atoms with van der Waals surface area (Å²) in [6.07, 6.45) is 0.851.